The van der Waals surface area contributed by atoms with Gasteiger partial charge in [-0.05, 0) is 42.7 Å². The third kappa shape index (κ3) is 5.18. The van der Waals surface area contributed by atoms with Crippen LogP contribution in [0, 0.1) is 0 Å². The predicted molar refractivity (Wildman–Crippen MR) is 130 cm³/mol. The molecule has 0 unspecified atom stereocenters. The number of benzene rings is 1. The minimum atomic E-state index is -0.871. The highest BCUT2D eigenvalue weighted by Crippen LogP contribution is 2.27. The largest absolute Gasteiger partial charge is 0.481 e. The fraction of sp³-hybridized carbons (Fsp3) is 0.360. The van der Waals surface area contributed by atoms with Crippen LogP contribution in [0.4, 0.5) is 5.69 Å². The summed E-state index contributed by atoms with van der Waals surface area (Å²) < 4.78 is 14.5. The highest BCUT2D eigenvalue weighted by Gasteiger charge is 2.20. The van der Waals surface area contributed by atoms with Crippen LogP contribution in [0.15, 0.2) is 55.2 Å². The monoisotopic (exact) mass is 476 g/mol. The molecule has 0 amide bonds. The standard InChI is InChI=1S/C25H28N6O4/c1-34-10-11-35-21-5-8-29(9-6-21)20-3-2-19-14-27-31(22(19)13-20)24-16-26-15-23(28-24)30-7-4-18(17-30)12-25(32)33/h2-4,7,13-17,21H,5-6,8-12H2,1H3,(H,32,33). The SMILES string of the molecule is COCCOC1CCN(c2ccc3cnn(-c4cncc(-n5ccc(CC(=O)O)c5)n4)c3c2)CC1. The molecule has 5 rings (SSSR count). The first-order chi connectivity index (χ1) is 17.1. The van der Waals surface area contributed by atoms with Gasteiger partial charge in [-0.15, -0.1) is 0 Å². The van der Waals surface area contributed by atoms with Crippen LogP contribution in [-0.4, -0.2) is 74.9 Å². The summed E-state index contributed by atoms with van der Waals surface area (Å²) in [6.07, 6.45) is 10.9. The number of carboxylic acids is 1. The van der Waals surface area contributed by atoms with Crippen molar-refractivity contribution in [3.8, 4) is 11.6 Å². The smallest absolute Gasteiger partial charge is 0.307 e. The van der Waals surface area contributed by atoms with Gasteiger partial charge in [0.1, 0.15) is 0 Å². The third-order valence-corrected chi connectivity index (χ3v) is 6.20. The van der Waals surface area contributed by atoms with E-state index in [9.17, 15) is 4.79 Å². The summed E-state index contributed by atoms with van der Waals surface area (Å²) in [4.78, 5) is 22.5. The van der Waals surface area contributed by atoms with E-state index in [1.807, 2.05) is 6.20 Å². The molecule has 1 fully saturated rings. The Bertz CT molecular complexity index is 1310. The maximum atomic E-state index is 11.0. The van der Waals surface area contributed by atoms with E-state index in [2.05, 4.69) is 33.2 Å². The van der Waals surface area contributed by atoms with Gasteiger partial charge in [-0.1, -0.05) is 0 Å². The van der Waals surface area contributed by atoms with Crippen molar-refractivity contribution in [3.05, 3.63) is 60.8 Å². The van der Waals surface area contributed by atoms with Crippen LogP contribution in [0.25, 0.3) is 22.5 Å². The number of aliphatic carboxylic acids is 1. The van der Waals surface area contributed by atoms with E-state index < -0.39 is 5.97 Å². The molecule has 4 heterocycles. The summed E-state index contributed by atoms with van der Waals surface area (Å²) in [5.74, 6) is 0.312. The molecule has 1 aliphatic heterocycles. The molecular weight excluding hydrogens is 448 g/mol. The lowest BCUT2D eigenvalue weighted by Crippen LogP contribution is -2.37. The Morgan fingerprint density at radius 1 is 1.11 bits per heavy atom. The minimum Gasteiger partial charge on any atom is -0.481 e. The molecule has 0 atom stereocenters. The van der Waals surface area contributed by atoms with Crippen LogP contribution in [0.2, 0.25) is 0 Å². The Hall–Kier alpha value is -3.76. The summed E-state index contributed by atoms with van der Waals surface area (Å²) in [6.45, 7) is 3.12. The van der Waals surface area contributed by atoms with E-state index in [0.29, 0.717) is 30.4 Å². The molecule has 3 aromatic heterocycles. The molecule has 4 aromatic rings. The number of ether oxygens (including phenoxy) is 2. The average Bonchev–Trinajstić information content (AvgIpc) is 3.51. The maximum Gasteiger partial charge on any atom is 0.307 e. The van der Waals surface area contributed by atoms with Crippen molar-refractivity contribution in [1.82, 2.24) is 24.3 Å². The summed E-state index contributed by atoms with van der Waals surface area (Å²) in [5, 5.41) is 14.6. The van der Waals surface area contributed by atoms with Gasteiger partial charge >= 0.3 is 5.97 Å². The van der Waals surface area contributed by atoms with Gasteiger partial charge in [0, 0.05) is 43.7 Å². The quantitative estimate of drug-likeness (QED) is 0.368. The molecule has 10 heteroatoms. The number of rotatable bonds is 9. The molecule has 0 radical (unpaired) electrons. The molecule has 0 bridgehead atoms. The summed E-state index contributed by atoms with van der Waals surface area (Å²) in [6, 6.07) is 8.12. The topological polar surface area (TPSA) is 108 Å². The molecule has 1 N–H and O–H groups in total. The minimum absolute atomic E-state index is 0.0385. The number of carbonyl (C=O) groups is 1. The number of nitrogens with zero attached hydrogens (tertiary/aromatic N) is 6. The van der Waals surface area contributed by atoms with Gasteiger partial charge in [0.15, 0.2) is 11.6 Å². The van der Waals surface area contributed by atoms with Crippen LogP contribution in [-0.2, 0) is 20.7 Å². The Morgan fingerprint density at radius 2 is 1.94 bits per heavy atom. The Labute approximate surface area is 202 Å². The van der Waals surface area contributed by atoms with E-state index in [0.717, 1.165) is 42.5 Å². The van der Waals surface area contributed by atoms with Crippen LogP contribution in [0.3, 0.4) is 0 Å². The second kappa shape index (κ2) is 10.2. The van der Waals surface area contributed by atoms with Crippen molar-refractivity contribution in [2.45, 2.75) is 25.4 Å². The third-order valence-electron chi connectivity index (χ3n) is 6.20. The lowest BCUT2D eigenvalue weighted by molar-refractivity contribution is -0.136. The van der Waals surface area contributed by atoms with Crippen LogP contribution in [0.5, 0.6) is 0 Å². The first-order valence-corrected chi connectivity index (χ1v) is 11.7. The van der Waals surface area contributed by atoms with E-state index >= 15 is 0 Å². The van der Waals surface area contributed by atoms with Gasteiger partial charge in [-0.3, -0.25) is 9.78 Å². The second-order valence-corrected chi connectivity index (χ2v) is 8.58. The Balaban J connectivity index is 1.36. The van der Waals surface area contributed by atoms with Crippen LogP contribution >= 0.6 is 0 Å². The Morgan fingerprint density at radius 3 is 2.74 bits per heavy atom. The highest BCUT2D eigenvalue weighted by molar-refractivity contribution is 5.83. The van der Waals surface area contributed by atoms with Crippen molar-refractivity contribution in [2.75, 3.05) is 38.3 Å². The van der Waals surface area contributed by atoms with E-state index in [1.165, 1.54) is 0 Å². The molecule has 1 aromatic carbocycles. The molecular formula is C25H28N6O4. The number of anilines is 1. The fourth-order valence-electron chi connectivity index (χ4n) is 4.40. The normalized spacial score (nSPS) is 14.6. The van der Waals surface area contributed by atoms with Crippen molar-refractivity contribution in [2.24, 2.45) is 0 Å². The number of carboxylic acid groups (broad SMARTS) is 1. The van der Waals surface area contributed by atoms with Crippen molar-refractivity contribution in [1.29, 1.82) is 0 Å². The molecule has 35 heavy (non-hydrogen) atoms. The lowest BCUT2D eigenvalue weighted by atomic mass is 10.1. The number of fused-ring (bicyclic) bond motifs is 1. The highest BCUT2D eigenvalue weighted by atomic mass is 16.5. The fourth-order valence-corrected chi connectivity index (χ4v) is 4.40. The molecule has 1 aliphatic rings. The zero-order chi connectivity index (χ0) is 24.2. The van der Waals surface area contributed by atoms with Gasteiger partial charge < -0.3 is 24.0 Å². The first kappa shape index (κ1) is 23.0. The van der Waals surface area contributed by atoms with Gasteiger partial charge in [0.25, 0.3) is 0 Å². The summed E-state index contributed by atoms with van der Waals surface area (Å²) in [7, 11) is 1.69. The molecule has 1 saturated heterocycles. The van der Waals surface area contributed by atoms with Gasteiger partial charge in [-0.25, -0.2) is 9.67 Å². The van der Waals surface area contributed by atoms with E-state index in [1.54, 1.807) is 47.2 Å². The number of methoxy groups -OCH3 is 1. The number of hydrogen-bond acceptors (Lipinski definition) is 7. The second-order valence-electron chi connectivity index (χ2n) is 8.58. The first-order valence-electron chi connectivity index (χ1n) is 11.7. The van der Waals surface area contributed by atoms with Gasteiger partial charge in [-0.2, -0.15) is 5.10 Å². The molecule has 0 aliphatic carbocycles. The van der Waals surface area contributed by atoms with Gasteiger partial charge in [0.05, 0.1) is 49.8 Å². The maximum absolute atomic E-state index is 11.0. The molecule has 182 valence electrons. The zero-order valence-electron chi connectivity index (χ0n) is 19.6. The van der Waals surface area contributed by atoms with Gasteiger partial charge in [0.2, 0.25) is 0 Å². The molecule has 0 saturated carbocycles. The predicted octanol–water partition coefficient (Wildman–Crippen LogP) is 2.87. The van der Waals surface area contributed by atoms with Crippen molar-refractivity contribution in [3.63, 3.8) is 0 Å². The average molecular weight is 477 g/mol. The number of hydrogen-bond donors (Lipinski definition) is 1. The molecule has 0 spiro atoms. The lowest BCUT2D eigenvalue weighted by Gasteiger charge is -2.33. The van der Waals surface area contributed by atoms with Crippen molar-refractivity contribution >= 4 is 22.6 Å². The number of piperidine rings is 1. The van der Waals surface area contributed by atoms with Crippen LogP contribution in [0.1, 0.15) is 18.4 Å². The van der Waals surface area contributed by atoms with E-state index in [-0.39, 0.29) is 12.5 Å². The summed E-state index contributed by atoms with van der Waals surface area (Å²) in [5.41, 5.74) is 2.79. The van der Waals surface area contributed by atoms with Crippen LogP contribution < -0.4 is 4.90 Å². The summed E-state index contributed by atoms with van der Waals surface area (Å²) >= 11 is 0. The Kier molecular flexibility index (Phi) is 6.73. The van der Waals surface area contributed by atoms with Crippen molar-refractivity contribution < 1.29 is 19.4 Å². The number of aromatic nitrogens is 5. The molecule has 10 nitrogen and oxygen atoms in total. The van der Waals surface area contributed by atoms with E-state index in [4.69, 9.17) is 19.6 Å². The zero-order valence-corrected chi connectivity index (χ0v) is 19.6.